The summed E-state index contributed by atoms with van der Waals surface area (Å²) in [6, 6.07) is 3.16. The summed E-state index contributed by atoms with van der Waals surface area (Å²) in [6.45, 7) is 1.73. The molecule has 0 bridgehead atoms. The Morgan fingerprint density at radius 1 is 1.00 bits per heavy atom. The third-order valence-electron chi connectivity index (χ3n) is 3.80. The summed E-state index contributed by atoms with van der Waals surface area (Å²) >= 11 is 0. The number of benzene rings is 1. The highest BCUT2D eigenvalue weighted by Gasteiger charge is 2.27. The minimum atomic E-state index is -1.04. The van der Waals surface area contributed by atoms with E-state index >= 15 is 0 Å². The smallest absolute Gasteiger partial charge is 0.336 e. The van der Waals surface area contributed by atoms with E-state index in [9.17, 15) is 19.8 Å². The SMILES string of the molecule is Cc1cc(C(=O)O)c(C2CCCCC2)c(C(=O)O)c1. The van der Waals surface area contributed by atoms with E-state index in [-0.39, 0.29) is 17.0 Å². The normalized spacial score (nSPS) is 16.3. The van der Waals surface area contributed by atoms with Gasteiger partial charge in [-0.15, -0.1) is 0 Å². The van der Waals surface area contributed by atoms with Gasteiger partial charge in [0.15, 0.2) is 0 Å². The van der Waals surface area contributed by atoms with Crippen LogP contribution in [0.3, 0.4) is 0 Å². The molecule has 0 amide bonds. The summed E-state index contributed by atoms with van der Waals surface area (Å²) < 4.78 is 0. The van der Waals surface area contributed by atoms with Crippen molar-refractivity contribution in [1.29, 1.82) is 0 Å². The quantitative estimate of drug-likeness (QED) is 0.875. The minimum absolute atomic E-state index is 0.0616. The fourth-order valence-corrected chi connectivity index (χ4v) is 2.98. The largest absolute Gasteiger partial charge is 0.478 e. The van der Waals surface area contributed by atoms with Gasteiger partial charge in [0.1, 0.15) is 0 Å². The predicted molar refractivity (Wildman–Crippen MR) is 70.9 cm³/mol. The van der Waals surface area contributed by atoms with Crippen molar-refractivity contribution in [3.63, 3.8) is 0 Å². The van der Waals surface area contributed by atoms with Crippen LogP contribution in [0, 0.1) is 6.92 Å². The topological polar surface area (TPSA) is 74.6 Å². The van der Waals surface area contributed by atoms with Crippen molar-refractivity contribution in [2.24, 2.45) is 0 Å². The van der Waals surface area contributed by atoms with Crippen LogP contribution in [0.2, 0.25) is 0 Å². The first-order valence-corrected chi connectivity index (χ1v) is 6.62. The first-order valence-electron chi connectivity index (χ1n) is 6.62. The molecule has 1 fully saturated rings. The third kappa shape index (κ3) is 2.78. The third-order valence-corrected chi connectivity index (χ3v) is 3.80. The van der Waals surface area contributed by atoms with E-state index in [2.05, 4.69) is 0 Å². The predicted octanol–water partition coefficient (Wildman–Crippen LogP) is 3.44. The second-order valence-corrected chi connectivity index (χ2v) is 5.22. The lowest BCUT2D eigenvalue weighted by Gasteiger charge is -2.25. The highest BCUT2D eigenvalue weighted by atomic mass is 16.4. The van der Waals surface area contributed by atoms with Crippen LogP contribution < -0.4 is 0 Å². The Morgan fingerprint density at radius 3 is 1.89 bits per heavy atom. The van der Waals surface area contributed by atoms with Crippen molar-refractivity contribution >= 4 is 11.9 Å². The molecule has 0 aromatic heterocycles. The van der Waals surface area contributed by atoms with Gasteiger partial charge >= 0.3 is 11.9 Å². The summed E-state index contributed by atoms with van der Waals surface area (Å²) in [7, 11) is 0. The number of aromatic carboxylic acids is 2. The van der Waals surface area contributed by atoms with Gasteiger partial charge in [-0.05, 0) is 48.9 Å². The van der Waals surface area contributed by atoms with Crippen LogP contribution in [0.1, 0.15) is 69.9 Å². The molecule has 4 nitrogen and oxygen atoms in total. The Balaban J connectivity index is 2.59. The van der Waals surface area contributed by atoms with Gasteiger partial charge < -0.3 is 10.2 Å². The molecule has 0 radical (unpaired) electrons. The van der Waals surface area contributed by atoms with Crippen LogP contribution in [-0.2, 0) is 0 Å². The van der Waals surface area contributed by atoms with E-state index in [0.29, 0.717) is 11.1 Å². The maximum absolute atomic E-state index is 11.4. The molecule has 0 spiro atoms. The molecule has 0 unspecified atom stereocenters. The molecule has 0 atom stereocenters. The molecule has 1 aliphatic rings. The summed E-state index contributed by atoms with van der Waals surface area (Å²) in [5.41, 5.74) is 1.51. The Kier molecular flexibility index (Phi) is 3.88. The monoisotopic (exact) mass is 262 g/mol. The average molecular weight is 262 g/mol. The van der Waals surface area contributed by atoms with Crippen LogP contribution in [0.5, 0.6) is 0 Å². The summed E-state index contributed by atoms with van der Waals surface area (Å²) in [5.74, 6) is -2.01. The number of carboxylic acid groups (broad SMARTS) is 2. The van der Waals surface area contributed by atoms with Gasteiger partial charge in [0.05, 0.1) is 11.1 Å². The maximum atomic E-state index is 11.4. The van der Waals surface area contributed by atoms with E-state index in [1.165, 1.54) is 0 Å². The second-order valence-electron chi connectivity index (χ2n) is 5.22. The van der Waals surface area contributed by atoms with Gasteiger partial charge in [0.2, 0.25) is 0 Å². The van der Waals surface area contributed by atoms with E-state index in [1.54, 1.807) is 19.1 Å². The molecular weight excluding hydrogens is 244 g/mol. The zero-order valence-corrected chi connectivity index (χ0v) is 11.0. The number of hydrogen-bond acceptors (Lipinski definition) is 2. The second kappa shape index (κ2) is 5.43. The van der Waals surface area contributed by atoms with Gasteiger partial charge in [-0.2, -0.15) is 0 Å². The van der Waals surface area contributed by atoms with E-state index in [4.69, 9.17) is 0 Å². The van der Waals surface area contributed by atoms with Gasteiger partial charge in [-0.1, -0.05) is 19.3 Å². The molecule has 1 saturated carbocycles. The van der Waals surface area contributed by atoms with Gasteiger partial charge in [-0.25, -0.2) is 9.59 Å². The van der Waals surface area contributed by atoms with Crippen LogP contribution in [-0.4, -0.2) is 22.2 Å². The van der Waals surface area contributed by atoms with Gasteiger partial charge in [0, 0.05) is 0 Å². The van der Waals surface area contributed by atoms with Crippen molar-refractivity contribution in [3.05, 3.63) is 34.4 Å². The number of aryl methyl sites for hydroxylation is 1. The van der Waals surface area contributed by atoms with Crippen molar-refractivity contribution in [3.8, 4) is 0 Å². The number of carboxylic acids is 2. The van der Waals surface area contributed by atoms with Crippen LogP contribution in [0.15, 0.2) is 12.1 Å². The summed E-state index contributed by atoms with van der Waals surface area (Å²) in [5, 5.41) is 18.7. The lowest BCUT2D eigenvalue weighted by molar-refractivity contribution is 0.0693. The van der Waals surface area contributed by atoms with Crippen molar-refractivity contribution < 1.29 is 19.8 Å². The molecule has 2 rings (SSSR count). The van der Waals surface area contributed by atoms with Crippen molar-refractivity contribution in [2.45, 2.75) is 44.9 Å². The minimum Gasteiger partial charge on any atom is -0.478 e. The Hall–Kier alpha value is -1.84. The van der Waals surface area contributed by atoms with Crippen LogP contribution in [0.25, 0.3) is 0 Å². The first-order chi connectivity index (χ1) is 9.00. The van der Waals surface area contributed by atoms with E-state index in [1.807, 2.05) is 0 Å². The lowest BCUT2D eigenvalue weighted by Crippen LogP contribution is -2.16. The molecule has 1 aromatic rings. The van der Waals surface area contributed by atoms with E-state index < -0.39 is 11.9 Å². The highest BCUT2D eigenvalue weighted by molar-refractivity contribution is 5.97. The van der Waals surface area contributed by atoms with Crippen molar-refractivity contribution in [1.82, 2.24) is 0 Å². The molecule has 1 aliphatic carbocycles. The molecule has 0 aliphatic heterocycles. The molecule has 4 heteroatoms. The van der Waals surface area contributed by atoms with Crippen LogP contribution >= 0.6 is 0 Å². The molecule has 0 saturated heterocycles. The fourth-order valence-electron chi connectivity index (χ4n) is 2.98. The first kappa shape index (κ1) is 13.6. The zero-order chi connectivity index (χ0) is 14.0. The van der Waals surface area contributed by atoms with Crippen molar-refractivity contribution in [2.75, 3.05) is 0 Å². The Labute approximate surface area is 112 Å². The number of carbonyl (C=O) groups is 2. The standard InChI is InChI=1S/C15H18O4/c1-9-7-11(14(16)17)13(12(8-9)15(18)19)10-5-3-2-4-6-10/h7-8,10H,2-6H2,1H3,(H,16,17)(H,18,19). The fraction of sp³-hybridized carbons (Fsp3) is 0.467. The molecule has 102 valence electrons. The average Bonchev–Trinajstić information content (AvgIpc) is 2.38. The lowest BCUT2D eigenvalue weighted by atomic mass is 9.79. The Bertz CT molecular complexity index is 478. The summed E-state index contributed by atoms with van der Waals surface area (Å²) in [4.78, 5) is 22.8. The number of hydrogen-bond donors (Lipinski definition) is 2. The maximum Gasteiger partial charge on any atom is 0.336 e. The zero-order valence-electron chi connectivity index (χ0n) is 11.0. The van der Waals surface area contributed by atoms with Crippen LogP contribution in [0.4, 0.5) is 0 Å². The Morgan fingerprint density at radius 2 is 1.47 bits per heavy atom. The van der Waals surface area contributed by atoms with Gasteiger partial charge in [-0.3, -0.25) is 0 Å². The molecule has 19 heavy (non-hydrogen) atoms. The summed E-state index contributed by atoms with van der Waals surface area (Å²) in [6.07, 6.45) is 4.98. The molecule has 0 heterocycles. The van der Waals surface area contributed by atoms with Gasteiger partial charge in [0.25, 0.3) is 0 Å². The van der Waals surface area contributed by atoms with E-state index in [0.717, 1.165) is 32.1 Å². The molecule has 1 aromatic carbocycles. The number of rotatable bonds is 3. The molecule has 2 N–H and O–H groups in total. The highest BCUT2D eigenvalue weighted by Crippen LogP contribution is 2.37. The molecular formula is C15H18O4.